The van der Waals surface area contributed by atoms with Crippen molar-refractivity contribution in [1.29, 1.82) is 0 Å². The van der Waals surface area contributed by atoms with Crippen LogP contribution in [0.5, 0.6) is 5.75 Å². The quantitative estimate of drug-likeness (QED) is 0.746. The lowest BCUT2D eigenvalue weighted by molar-refractivity contribution is 0.413. The largest absolute Gasteiger partial charge is 0.497 e. The molecule has 0 aliphatic carbocycles. The van der Waals surface area contributed by atoms with Crippen LogP contribution in [0.2, 0.25) is 0 Å². The summed E-state index contributed by atoms with van der Waals surface area (Å²) in [5.74, 6) is 0.918. The Morgan fingerprint density at radius 3 is 2.31 bits per heavy atom. The fraction of sp³-hybridized carbons (Fsp3) is 0.571. The molecule has 0 amide bonds. The third-order valence-corrected chi connectivity index (χ3v) is 2.87. The highest BCUT2D eigenvalue weighted by atomic mass is 16.5. The van der Waals surface area contributed by atoms with Crippen LogP contribution in [0.4, 0.5) is 0 Å². The number of benzene rings is 1. The van der Waals surface area contributed by atoms with Crippen LogP contribution in [0.15, 0.2) is 24.3 Å². The van der Waals surface area contributed by atoms with Gasteiger partial charge < -0.3 is 10.1 Å². The first-order valence-corrected chi connectivity index (χ1v) is 5.95. The first-order valence-electron chi connectivity index (χ1n) is 5.95. The van der Waals surface area contributed by atoms with Gasteiger partial charge >= 0.3 is 0 Å². The van der Waals surface area contributed by atoms with Crippen molar-refractivity contribution in [3.63, 3.8) is 0 Å². The summed E-state index contributed by atoms with van der Waals surface area (Å²) in [4.78, 5) is 0. The molecule has 2 heteroatoms. The summed E-state index contributed by atoms with van der Waals surface area (Å²) in [6.07, 6.45) is 1.18. The second-order valence-corrected chi connectivity index (χ2v) is 4.79. The summed E-state index contributed by atoms with van der Waals surface area (Å²) in [7, 11) is 1.70. The smallest absolute Gasteiger partial charge is 0.118 e. The summed E-state index contributed by atoms with van der Waals surface area (Å²) in [5, 5.41) is 3.47. The summed E-state index contributed by atoms with van der Waals surface area (Å²) in [5.41, 5.74) is 1.51. The molecule has 0 radical (unpaired) electrons. The Balaban J connectivity index is 2.65. The molecule has 0 bridgehead atoms. The van der Waals surface area contributed by atoms with E-state index in [4.69, 9.17) is 4.74 Å². The zero-order valence-electron chi connectivity index (χ0n) is 10.8. The summed E-state index contributed by atoms with van der Waals surface area (Å²) in [6, 6.07) is 8.34. The number of methoxy groups -OCH3 is 1. The Bertz CT molecular complexity index is 303. The van der Waals surface area contributed by atoms with Crippen LogP contribution < -0.4 is 10.1 Å². The van der Waals surface area contributed by atoms with Crippen LogP contribution in [0, 0.1) is 0 Å². The van der Waals surface area contributed by atoms with Crippen LogP contribution in [0.3, 0.4) is 0 Å². The number of rotatable bonds is 6. The maximum Gasteiger partial charge on any atom is 0.118 e. The van der Waals surface area contributed by atoms with Crippen LogP contribution in [0.1, 0.15) is 32.8 Å². The summed E-state index contributed by atoms with van der Waals surface area (Å²) < 4.78 is 5.16. The minimum Gasteiger partial charge on any atom is -0.497 e. The summed E-state index contributed by atoms with van der Waals surface area (Å²) >= 11 is 0. The highest BCUT2D eigenvalue weighted by molar-refractivity contribution is 5.31. The normalized spacial score (nSPS) is 11.5. The van der Waals surface area contributed by atoms with E-state index >= 15 is 0 Å². The van der Waals surface area contributed by atoms with E-state index in [2.05, 4.69) is 38.2 Å². The lowest BCUT2D eigenvalue weighted by Gasteiger charge is -2.26. The molecule has 16 heavy (non-hydrogen) atoms. The Morgan fingerprint density at radius 2 is 1.81 bits per heavy atom. The number of ether oxygens (including phenoxy) is 1. The maximum atomic E-state index is 5.16. The van der Waals surface area contributed by atoms with Gasteiger partial charge in [0.05, 0.1) is 7.11 Å². The second-order valence-electron chi connectivity index (χ2n) is 4.79. The van der Waals surface area contributed by atoms with Crippen LogP contribution in [0.25, 0.3) is 0 Å². The fourth-order valence-electron chi connectivity index (χ4n) is 1.72. The van der Waals surface area contributed by atoms with E-state index in [-0.39, 0.29) is 5.41 Å². The van der Waals surface area contributed by atoms with E-state index in [9.17, 15) is 0 Å². The molecule has 2 nitrogen and oxygen atoms in total. The second kappa shape index (κ2) is 5.90. The lowest BCUT2D eigenvalue weighted by Crippen LogP contribution is -2.33. The van der Waals surface area contributed by atoms with Gasteiger partial charge in [-0.1, -0.05) is 32.9 Å². The molecule has 0 aliphatic rings. The molecule has 0 atom stereocenters. The molecule has 0 heterocycles. The molecule has 0 saturated heterocycles. The Kier molecular flexibility index (Phi) is 4.81. The van der Waals surface area contributed by atoms with E-state index in [1.54, 1.807) is 7.11 Å². The van der Waals surface area contributed by atoms with Crippen molar-refractivity contribution in [2.45, 2.75) is 32.6 Å². The lowest BCUT2D eigenvalue weighted by atomic mass is 9.84. The van der Waals surface area contributed by atoms with Gasteiger partial charge in [-0.25, -0.2) is 0 Å². The average Bonchev–Trinajstić information content (AvgIpc) is 2.29. The molecule has 1 N–H and O–H groups in total. The third-order valence-electron chi connectivity index (χ3n) is 2.87. The van der Waals surface area contributed by atoms with Gasteiger partial charge in [0.1, 0.15) is 5.75 Å². The SMILES string of the molecule is CCCNCC(C)(C)c1ccc(OC)cc1. The molecule has 90 valence electrons. The van der Waals surface area contributed by atoms with Crippen molar-refractivity contribution in [2.75, 3.05) is 20.2 Å². The molecule has 0 saturated carbocycles. The zero-order chi connectivity index (χ0) is 12.0. The average molecular weight is 221 g/mol. The van der Waals surface area contributed by atoms with Crippen molar-refractivity contribution in [3.8, 4) is 5.75 Å². The minimum absolute atomic E-state index is 0.168. The Morgan fingerprint density at radius 1 is 1.19 bits per heavy atom. The molecule has 0 spiro atoms. The topological polar surface area (TPSA) is 21.3 Å². The van der Waals surface area contributed by atoms with Crippen LogP contribution >= 0.6 is 0 Å². The fourth-order valence-corrected chi connectivity index (χ4v) is 1.72. The molecule has 1 rings (SSSR count). The van der Waals surface area contributed by atoms with Gasteiger partial charge in [0.25, 0.3) is 0 Å². The number of hydrogen-bond donors (Lipinski definition) is 1. The molecule has 0 fully saturated rings. The van der Waals surface area contributed by atoms with Gasteiger partial charge in [0.2, 0.25) is 0 Å². The molecule has 0 unspecified atom stereocenters. The van der Waals surface area contributed by atoms with E-state index in [0.29, 0.717) is 0 Å². The van der Waals surface area contributed by atoms with Gasteiger partial charge in [-0.05, 0) is 30.7 Å². The predicted molar refractivity (Wildman–Crippen MR) is 69.2 cm³/mol. The standard InChI is InChI=1S/C14H23NO/c1-5-10-15-11-14(2,3)12-6-8-13(16-4)9-7-12/h6-9,15H,5,10-11H2,1-4H3. The Labute approximate surface area is 99.0 Å². The molecule has 0 aliphatic heterocycles. The van der Waals surface area contributed by atoms with E-state index in [0.717, 1.165) is 18.8 Å². The van der Waals surface area contributed by atoms with Gasteiger partial charge in [0, 0.05) is 12.0 Å². The van der Waals surface area contributed by atoms with Gasteiger partial charge in [-0.3, -0.25) is 0 Å². The van der Waals surface area contributed by atoms with Crippen molar-refractivity contribution < 1.29 is 4.74 Å². The zero-order valence-corrected chi connectivity index (χ0v) is 10.8. The van der Waals surface area contributed by atoms with Gasteiger partial charge in [0.15, 0.2) is 0 Å². The maximum absolute atomic E-state index is 5.16. The first-order chi connectivity index (χ1) is 7.60. The van der Waals surface area contributed by atoms with Gasteiger partial charge in [-0.2, -0.15) is 0 Å². The summed E-state index contributed by atoms with van der Waals surface area (Å²) in [6.45, 7) is 8.80. The monoisotopic (exact) mass is 221 g/mol. The third kappa shape index (κ3) is 3.53. The number of hydrogen-bond acceptors (Lipinski definition) is 2. The highest BCUT2D eigenvalue weighted by Gasteiger charge is 2.19. The van der Waals surface area contributed by atoms with E-state index in [1.165, 1.54) is 12.0 Å². The Hall–Kier alpha value is -1.02. The number of nitrogens with one attached hydrogen (secondary N) is 1. The molecule has 1 aromatic rings. The molecular weight excluding hydrogens is 198 g/mol. The molecule has 1 aromatic carbocycles. The minimum atomic E-state index is 0.168. The molecular formula is C14H23NO. The first kappa shape index (κ1) is 13.0. The predicted octanol–water partition coefficient (Wildman–Crippen LogP) is 2.97. The van der Waals surface area contributed by atoms with Crippen LogP contribution in [-0.4, -0.2) is 20.2 Å². The van der Waals surface area contributed by atoms with Crippen molar-refractivity contribution >= 4 is 0 Å². The van der Waals surface area contributed by atoms with Crippen LogP contribution in [-0.2, 0) is 5.41 Å². The molecule has 0 aromatic heterocycles. The van der Waals surface area contributed by atoms with E-state index < -0.39 is 0 Å². The van der Waals surface area contributed by atoms with Gasteiger partial charge in [-0.15, -0.1) is 0 Å². The van der Waals surface area contributed by atoms with Crippen molar-refractivity contribution in [3.05, 3.63) is 29.8 Å². The van der Waals surface area contributed by atoms with Crippen molar-refractivity contribution in [1.82, 2.24) is 5.32 Å². The van der Waals surface area contributed by atoms with Crippen molar-refractivity contribution in [2.24, 2.45) is 0 Å². The van der Waals surface area contributed by atoms with E-state index in [1.807, 2.05) is 12.1 Å². The highest BCUT2D eigenvalue weighted by Crippen LogP contribution is 2.24.